The molecule has 0 amide bonds. The monoisotopic (exact) mass is 229 g/mol. The second-order valence-corrected chi connectivity index (χ2v) is 4.36. The molecule has 0 unspecified atom stereocenters. The van der Waals surface area contributed by atoms with Crippen LogP contribution in [0.1, 0.15) is 19.7 Å². The number of rotatable bonds is 4. The molecule has 6 heteroatoms. The van der Waals surface area contributed by atoms with Crippen LogP contribution in [-0.2, 0) is 16.6 Å². The van der Waals surface area contributed by atoms with Crippen molar-refractivity contribution in [3.63, 3.8) is 0 Å². The number of thioether (sulfide) groups is 1. The molecule has 1 aromatic heterocycles. The van der Waals surface area contributed by atoms with Gasteiger partial charge in [0.2, 0.25) is 0 Å². The number of nitrogens with zero attached hydrogens (tertiary/aromatic N) is 3. The van der Waals surface area contributed by atoms with E-state index in [2.05, 4.69) is 10.2 Å². The Morgan fingerprint density at radius 1 is 1.53 bits per heavy atom. The van der Waals surface area contributed by atoms with Crippen LogP contribution in [0, 0.1) is 6.92 Å². The largest absolute Gasteiger partial charge is 0.462 e. The summed E-state index contributed by atoms with van der Waals surface area (Å²) < 4.78 is 6.84. The average Bonchev–Trinajstić information content (AvgIpc) is 2.44. The Hall–Kier alpha value is -1.04. The maximum absolute atomic E-state index is 11.2. The lowest BCUT2D eigenvalue weighted by Crippen LogP contribution is -2.13. The minimum atomic E-state index is -0.226. The van der Waals surface area contributed by atoms with Gasteiger partial charge < -0.3 is 9.30 Å². The van der Waals surface area contributed by atoms with Crippen LogP contribution in [0.15, 0.2) is 5.16 Å². The highest BCUT2D eigenvalue weighted by Crippen LogP contribution is 2.15. The molecule has 0 N–H and O–H groups in total. The van der Waals surface area contributed by atoms with Crippen LogP contribution < -0.4 is 0 Å². The highest BCUT2D eigenvalue weighted by molar-refractivity contribution is 7.99. The van der Waals surface area contributed by atoms with E-state index in [-0.39, 0.29) is 17.8 Å². The van der Waals surface area contributed by atoms with Crippen LogP contribution in [0.3, 0.4) is 0 Å². The third kappa shape index (κ3) is 3.54. The Balaban J connectivity index is 2.44. The third-order valence-electron chi connectivity index (χ3n) is 1.74. The molecule has 15 heavy (non-hydrogen) atoms. The Bertz CT molecular complexity index is 349. The molecule has 0 aliphatic rings. The van der Waals surface area contributed by atoms with Crippen molar-refractivity contribution in [1.82, 2.24) is 14.8 Å². The fourth-order valence-electron chi connectivity index (χ4n) is 0.934. The molecule has 5 nitrogen and oxygen atoms in total. The SMILES string of the molecule is Cc1nnc(SCC(=O)OC(C)C)n1C. The van der Waals surface area contributed by atoms with Gasteiger partial charge in [-0.05, 0) is 20.8 Å². The van der Waals surface area contributed by atoms with Crippen molar-refractivity contribution >= 4 is 17.7 Å². The standard InChI is InChI=1S/C9H15N3O2S/c1-6(2)14-8(13)5-15-9-11-10-7(3)12(9)4/h6H,5H2,1-4H3. The summed E-state index contributed by atoms with van der Waals surface area (Å²) in [5.41, 5.74) is 0. The lowest BCUT2D eigenvalue weighted by atomic mass is 10.5. The zero-order chi connectivity index (χ0) is 11.4. The summed E-state index contributed by atoms with van der Waals surface area (Å²) in [6.07, 6.45) is -0.0701. The van der Waals surface area contributed by atoms with Crippen LogP contribution in [0.25, 0.3) is 0 Å². The lowest BCUT2D eigenvalue weighted by molar-refractivity contribution is -0.144. The number of hydrogen-bond acceptors (Lipinski definition) is 5. The second kappa shape index (κ2) is 5.16. The van der Waals surface area contributed by atoms with Gasteiger partial charge in [-0.3, -0.25) is 4.79 Å². The fourth-order valence-corrected chi connectivity index (χ4v) is 1.67. The molecule has 84 valence electrons. The highest BCUT2D eigenvalue weighted by Gasteiger charge is 2.10. The van der Waals surface area contributed by atoms with Crippen LogP contribution in [0.4, 0.5) is 0 Å². The molecular formula is C9H15N3O2S. The first-order valence-corrected chi connectivity index (χ1v) is 5.67. The molecule has 1 rings (SSSR count). The van der Waals surface area contributed by atoms with Crippen molar-refractivity contribution in [2.75, 3.05) is 5.75 Å². The van der Waals surface area contributed by atoms with E-state index >= 15 is 0 Å². The molecule has 1 heterocycles. The van der Waals surface area contributed by atoms with Crippen molar-refractivity contribution < 1.29 is 9.53 Å². The second-order valence-electron chi connectivity index (χ2n) is 3.42. The molecule has 1 aromatic rings. The predicted octanol–water partition coefficient (Wildman–Crippen LogP) is 1.17. The van der Waals surface area contributed by atoms with Gasteiger partial charge in [-0.25, -0.2) is 0 Å². The Kier molecular flexibility index (Phi) is 4.14. The molecule has 0 saturated carbocycles. The smallest absolute Gasteiger partial charge is 0.316 e. The Labute approximate surface area is 93.2 Å². The molecule has 0 aliphatic heterocycles. The molecular weight excluding hydrogens is 214 g/mol. The highest BCUT2D eigenvalue weighted by atomic mass is 32.2. The van der Waals surface area contributed by atoms with Crippen molar-refractivity contribution in [3.05, 3.63) is 5.82 Å². The normalized spacial score (nSPS) is 10.7. The van der Waals surface area contributed by atoms with Crippen molar-refractivity contribution in [2.45, 2.75) is 32.0 Å². The Morgan fingerprint density at radius 3 is 2.67 bits per heavy atom. The summed E-state index contributed by atoms with van der Waals surface area (Å²) in [4.78, 5) is 11.2. The van der Waals surface area contributed by atoms with Gasteiger partial charge >= 0.3 is 5.97 Å². The van der Waals surface area contributed by atoms with Gasteiger partial charge in [0, 0.05) is 7.05 Å². The topological polar surface area (TPSA) is 57.0 Å². The van der Waals surface area contributed by atoms with Crippen LogP contribution in [0.5, 0.6) is 0 Å². The van der Waals surface area contributed by atoms with Crippen LogP contribution in [0.2, 0.25) is 0 Å². The minimum Gasteiger partial charge on any atom is -0.462 e. The summed E-state index contributed by atoms with van der Waals surface area (Å²) in [5, 5.41) is 8.56. The predicted molar refractivity (Wildman–Crippen MR) is 57.7 cm³/mol. The molecule has 0 aliphatic carbocycles. The number of esters is 1. The fraction of sp³-hybridized carbons (Fsp3) is 0.667. The van der Waals surface area contributed by atoms with E-state index in [0.717, 1.165) is 11.0 Å². The first-order valence-electron chi connectivity index (χ1n) is 4.69. The summed E-state index contributed by atoms with van der Waals surface area (Å²) in [7, 11) is 1.87. The molecule has 0 fully saturated rings. The van der Waals surface area contributed by atoms with Gasteiger partial charge in [0.25, 0.3) is 0 Å². The van der Waals surface area contributed by atoms with Crippen molar-refractivity contribution in [2.24, 2.45) is 7.05 Å². The van der Waals surface area contributed by atoms with Gasteiger partial charge in [0.1, 0.15) is 5.82 Å². The molecule has 0 saturated heterocycles. The molecule has 0 aromatic carbocycles. The van der Waals surface area contributed by atoms with Gasteiger partial charge in [-0.1, -0.05) is 11.8 Å². The van der Waals surface area contributed by atoms with E-state index in [1.165, 1.54) is 11.8 Å². The molecule has 0 spiro atoms. The van der Waals surface area contributed by atoms with Gasteiger partial charge in [0.15, 0.2) is 5.16 Å². The molecule has 0 atom stereocenters. The van der Waals surface area contributed by atoms with E-state index in [1.807, 2.05) is 32.4 Å². The summed E-state index contributed by atoms with van der Waals surface area (Å²) >= 11 is 1.33. The van der Waals surface area contributed by atoms with E-state index in [1.54, 1.807) is 0 Å². The summed E-state index contributed by atoms with van der Waals surface area (Å²) in [6, 6.07) is 0. The first kappa shape index (κ1) is 12.0. The lowest BCUT2D eigenvalue weighted by Gasteiger charge is -2.06. The number of hydrogen-bond donors (Lipinski definition) is 0. The minimum absolute atomic E-state index is 0.0701. The van der Waals surface area contributed by atoms with Gasteiger partial charge in [0.05, 0.1) is 11.9 Å². The van der Waals surface area contributed by atoms with E-state index < -0.39 is 0 Å². The quantitative estimate of drug-likeness (QED) is 0.573. The van der Waals surface area contributed by atoms with Gasteiger partial charge in [-0.15, -0.1) is 10.2 Å². The zero-order valence-corrected chi connectivity index (χ0v) is 10.2. The van der Waals surface area contributed by atoms with Gasteiger partial charge in [-0.2, -0.15) is 0 Å². The van der Waals surface area contributed by atoms with Crippen LogP contribution in [-0.4, -0.2) is 32.6 Å². The summed E-state index contributed by atoms with van der Waals surface area (Å²) in [6.45, 7) is 5.52. The van der Waals surface area contributed by atoms with E-state index in [4.69, 9.17) is 4.74 Å². The average molecular weight is 229 g/mol. The first-order chi connectivity index (χ1) is 7.00. The third-order valence-corrected chi connectivity index (χ3v) is 2.73. The molecule has 0 bridgehead atoms. The number of aryl methyl sites for hydroxylation is 1. The maximum atomic E-state index is 11.2. The number of ether oxygens (including phenoxy) is 1. The number of aromatic nitrogens is 3. The van der Waals surface area contributed by atoms with Crippen molar-refractivity contribution in [1.29, 1.82) is 0 Å². The van der Waals surface area contributed by atoms with Crippen LogP contribution >= 0.6 is 11.8 Å². The zero-order valence-electron chi connectivity index (χ0n) is 9.35. The number of carbonyl (C=O) groups excluding carboxylic acids is 1. The van der Waals surface area contributed by atoms with E-state index in [9.17, 15) is 4.79 Å². The maximum Gasteiger partial charge on any atom is 0.316 e. The summed E-state index contributed by atoms with van der Waals surface area (Å²) in [5.74, 6) is 0.870. The van der Waals surface area contributed by atoms with E-state index in [0.29, 0.717) is 0 Å². The molecule has 0 radical (unpaired) electrons. The number of carbonyl (C=O) groups is 1. The Morgan fingerprint density at radius 2 is 2.20 bits per heavy atom. The van der Waals surface area contributed by atoms with Crippen molar-refractivity contribution in [3.8, 4) is 0 Å².